The molecule has 0 aliphatic heterocycles. The number of anilines is 1. The smallest absolute Gasteiger partial charge is 0.308 e. The van der Waals surface area contributed by atoms with Gasteiger partial charge in [-0.25, -0.2) is 0 Å². The molecule has 16 heavy (non-hydrogen) atoms. The molecule has 0 fully saturated rings. The zero-order valence-electron chi connectivity index (χ0n) is 10.1. The summed E-state index contributed by atoms with van der Waals surface area (Å²) in [6.07, 6.45) is 0.817. The van der Waals surface area contributed by atoms with Crippen molar-refractivity contribution in [3.05, 3.63) is 29.8 Å². The zero-order valence-corrected chi connectivity index (χ0v) is 10.1. The van der Waals surface area contributed by atoms with Crippen LogP contribution in [0.4, 0.5) is 5.69 Å². The lowest BCUT2D eigenvalue weighted by molar-refractivity contribution is -0.149. The van der Waals surface area contributed by atoms with Crippen molar-refractivity contribution in [2.45, 2.75) is 26.9 Å². The normalized spacial score (nSPS) is 11.9. The first-order chi connectivity index (χ1) is 7.67. The van der Waals surface area contributed by atoms with Crippen molar-refractivity contribution in [3.63, 3.8) is 0 Å². The Hall–Kier alpha value is -1.51. The number of carbonyl (C=O) groups excluding carboxylic acids is 1. The first-order valence-corrected chi connectivity index (χ1v) is 5.60. The average Bonchev–Trinajstić information content (AvgIpc) is 2.35. The van der Waals surface area contributed by atoms with Crippen LogP contribution in [0.25, 0.3) is 0 Å². The third-order valence-electron chi connectivity index (χ3n) is 2.64. The summed E-state index contributed by atoms with van der Waals surface area (Å²) in [6, 6.07) is 7.84. The average molecular weight is 223 g/mol. The van der Waals surface area contributed by atoms with E-state index in [4.69, 9.17) is 4.74 Å². The third-order valence-corrected chi connectivity index (χ3v) is 2.64. The number of rotatable bonds is 5. The third kappa shape index (κ3) is 3.57. The van der Waals surface area contributed by atoms with Crippen molar-refractivity contribution >= 4 is 11.7 Å². The summed E-state index contributed by atoms with van der Waals surface area (Å²) in [6.45, 7) is 4.22. The Kier molecular flexibility index (Phi) is 4.83. The maximum absolute atomic E-state index is 11.4. The molecule has 3 nitrogen and oxygen atoms in total. The molecular formula is C13H21NO2. The summed E-state index contributed by atoms with van der Waals surface area (Å²) in [4.78, 5) is 11.4. The molecule has 1 unspecified atom stereocenters. The molecule has 0 radical (unpaired) electrons. The monoisotopic (exact) mass is 223 g/mol. The van der Waals surface area contributed by atoms with Gasteiger partial charge in [0.05, 0.1) is 5.92 Å². The second kappa shape index (κ2) is 6.16. The number of ether oxygens (including phenoxy) is 1. The standard InChI is InChI=1S/C13H19NO2.H2/c1-4-10(2)13(15)16-9-11-5-7-12(14-3)8-6-11;/h5-8,10,14H,4,9H2,1-3H3;1H. The SMILES string of the molecule is CCC(C)C(=O)OCc1ccc(NC)cc1.[HH]. The molecule has 0 saturated carbocycles. The van der Waals surface area contributed by atoms with E-state index in [1.807, 2.05) is 45.2 Å². The van der Waals surface area contributed by atoms with Gasteiger partial charge in [-0.2, -0.15) is 0 Å². The van der Waals surface area contributed by atoms with Gasteiger partial charge in [-0.1, -0.05) is 26.0 Å². The van der Waals surface area contributed by atoms with Gasteiger partial charge in [-0.3, -0.25) is 4.79 Å². The maximum atomic E-state index is 11.4. The minimum atomic E-state index is -0.125. The summed E-state index contributed by atoms with van der Waals surface area (Å²) >= 11 is 0. The highest BCUT2D eigenvalue weighted by atomic mass is 16.5. The van der Waals surface area contributed by atoms with Gasteiger partial charge >= 0.3 is 5.97 Å². The molecule has 0 saturated heterocycles. The van der Waals surface area contributed by atoms with E-state index in [1.165, 1.54) is 0 Å². The molecule has 0 spiro atoms. The van der Waals surface area contributed by atoms with Gasteiger partial charge in [-0.05, 0) is 24.1 Å². The highest BCUT2D eigenvalue weighted by molar-refractivity contribution is 5.71. The molecule has 0 aliphatic carbocycles. The van der Waals surface area contributed by atoms with Crippen LogP contribution in [0.5, 0.6) is 0 Å². The van der Waals surface area contributed by atoms with Crippen LogP contribution in [0.15, 0.2) is 24.3 Å². The maximum Gasteiger partial charge on any atom is 0.308 e. The predicted molar refractivity (Wildman–Crippen MR) is 67.4 cm³/mol. The number of benzene rings is 1. The number of esters is 1. The second-order valence-electron chi connectivity index (χ2n) is 3.86. The zero-order chi connectivity index (χ0) is 12.0. The molecule has 1 atom stereocenters. The minimum Gasteiger partial charge on any atom is -0.461 e. The van der Waals surface area contributed by atoms with Crippen LogP contribution in [0.2, 0.25) is 0 Å². The number of nitrogens with one attached hydrogen (secondary N) is 1. The van der Waals surface area contributed by atoms with E-state index in [2.05, 4.69) is 5.32 Å². The van der Waals surface area contributed by atoms with Crippen LogP contribution in [-0.2, 0) is 16.1 Å². The molecule has 1 rings (SSSR count). The van der Waals surface area contributed by atoms with E-state index < -0.39 is 0 Å². The van der Waals surface area contributed by atoms with Gasteiger partial charge in [0.2, 0.25) is 0 Å². The molecule has 0 heterocycles. The molecule has 1 N–H and O–H groups in total. The Morgan fingerprint density at radius 1 is 1.44 bits per heavy atom. The van der Waals surface area contributed by atoms with Crippen LogP contribution in [0.3, 0.4) is 0 Å². The van der Waals surface area contributed by atoms with Gasteiger partial charge in [0.15, 0.2) is 0 Å². The number of carbonyl (C=O) groups is 1. The topological polar surface area (TPSA) is 38.3 Å². The Morgan fingerprint density at radius 3 is 2.56 bits per heavy atom. The first-order valence-electron chi connectivity index (χ1n) is 5.60. The highest BCUT2D eigenvalue weighted by Crippen LogP contribution is 2.11. The van der Waals surface area contributed by atoms with Gasteiger partial charge in [0, 0.05) is 14.2 Å². The summed E-state index contributed by atoms with van der Waals surface area (Å²) in [5, 5.41) is 3.04. The van der Waals surface area contributed by atoms with Crippen LogP contribution in [0.1, 0.15) is 27.3 Å². The Bertz CT molecular complexity index is 338. The molecule has 0 aromatic heterocycles. The van der Waals surface area contributed by atoms with Crippen LogP contribution >= 0.6 is 0 Å². The molecule has 1 aromatic rings. The molecule has 0 aliphatic rings. The Balaban J connectivity index is 0.00000256. The van der Waals surface area contributed by atoms with Crippen molar-refractivity contribution in [2.75, 3.05) is 12.4 Å². The van der Waals surface area contributed by atoms with E-state index in [0.717, 1.165) is 17.7 Å². The summed E-state index contributed by atoms with van der Waals surface area (Å²) < 4.78 is 5.19. The molecular weight excluding hydrogens is 202 g/mol. The van der Waals surface area contributed by atoms with E-state index in [-0.39, 0.29) is 13.3 Å². The quantitative estimate of drug-likeness (QED) is 0.780. The van der Waals surface area contributed by atoms with Crippen LogP contribution in [-0.4, -0.2) is 13.0 Å². The van der Waals surface area contributed by atoms with E-state index >= 15 is 0 Å². The number of hydrogen-bond acceptors (Lipinski definition) is 3. The van der Waals surface area contributed by atoms with Crippen molar-refractivity contribution in [1.82, 2.24) is 0 Å². The van der Waals surface area contributed by atoms with E-state index in [0.29, 0.717) is 6.61 Å². The van der Waals surface area contributed by atoms with Gasteiger partial charge in [0.25, 0.3) is 0 Å². The molecule has 90 valence electrons. The van der Waals surface area contributed by atoms with E-state index in [1.54, 1.807) is 0 Å². The predicted octanol–water partition coefficient (Wildman–Crippen LogP) is 3.06. The Morgan fingerprint density at radius 2 is 2.06 bits per heavy atom. The lowest BCUT2D eigenvalue weighted by atomic mass is 10.1. The lowest BCUT2D eigenvalue weighted by Crippen LogP contribution is -2.13. The Labute approximate surface area is 98.3 Å². The van der Waals surface area contributed by atoms with Crippen LogP contribution < -0.4 is 5.32 Å². The second-order valence-corrected chi connectivity index (χ2v) is 3.86. The summed E-state index contributed by atoms with van der Waals surface area (Å²) in [5.74, 6) is -0.142. The molecule has 3 heteroatoms. The van der Waals surface area contributed by atoms with Gasteiger partial charge in [-0.15, -0.1) is 0 Å². The molecule has 0 amide bonds. The fraction of sp³-hybridized carbons (Fsp3) is 0.462. The van der Waals surface area contributed by atoms with Crippen molar-refractivity contribution < 1.29 is 11.0 Å². The van der Waals surface area contributed by atoms with Crippen molar-refractivity contribution in [3.8, 4) is 0 Å². The lowest BCUT2D eigenvalue weighted by Gasteiger charge is -2.09. The number of hydrogen-bond donors (Lipinski definition) is 1. The summed E-state index contributed by atoms with van der Waals surface area (Å²) in [5.41, 5.74) is 2.06. The van der Waals surface area contributed by atoms with Gasteiger partial charge in [0.1, 0.15) is 6.61 Å². The largest absolute Gasteiger partial charge is 0.461 e. The van der Waals surface area contributed by atoms with Gasteiger partial charge < -0.3 is 10.1 Å². The molecule has 1 aromatic carbocycles. The van der Waals surface area contributed by atoms with E-state index in [9.17, 15) is 4.79 Å². The molecule has 0 bridgehead atoms. The highest BCUT2D eigenvalue weighted by Gasteiger charge is 2.11. The van der Waals surface area contributed by atoms with Crippen LogP contribution in [0, 0.1) is 5.92 Å². The summed E-state index contributed by atoms with van der Waals surface area (Å²) in [7, 11) is 1.87. The van der Waals surface area contributed by atoms with Crippen molar-refractivity contribution in [2.24, 2.45) is 5.92 Å². The first kappa shape index (κ1) is 12.6. The fourth-order valence-electron chi connectivity index (χ4n) is 1.23. The minimum absolute atomic E-state index is 0. The fourth-order valence-corrected chi connectivity index (χ4v) is 1.23. The van der Waals surface area contributed by atoms with Crippen molar-refractivity contribution in [1.29, 1.82) is 0 Å².